The van der Waals surface area contributed by atoms with Gasteiger partial charge in [0.2, 0.25) is 0 Å². The Balaban J connectivity index is 0.000000906. The summed E-state index contributed by atoms with van der Waals surface area (Å²) >= 11 is 0. The Bertz CT molecular complexity index is 1100. The molecule has 4 aromatic rings. The molecule has 1 N–H and O–H groups in total. The third-order valence-electron chi connectivity index (χ3n) is 4.28. The molecule has 1 aromatic heterocycles. The van der Waals surface area contributed by atoms with E-state index in [2.05, 4.69) is 17.4 Å². The molecule has 3 aromatic carbocycles. The Morgan fingerprint density at radius 2 is 1.46 bits per heavy atom. The van der Waals surface area contributed by atoms with Crippen LogP contribution in [0.3, 0.4) is 0 Å². The molecule has 1 radical (unpaired) electrons. The summed E-state index contributed by atoms with van der Waals surface area (Å²) in [5, 5.41) is 14.9. The van der Waals surface area contributed by atoms with Gasteiger partial charge in [-0.1, -0.05) is 74.5 Å². The summed E-state index contributed by atoms with van der Waals surface area (Å²) in [5.41, 5.74) is 4.81. The van der Waals surface area contributed by atoms with Crippen molar-refractivity contribution >= 4 is 33.3 Å². The molecule has 0 amide bonds. The van der Waals surface area contributed by atoms with Crippen LogP contribution in [0.15, 0.2) is 83.3 Å². The van der Waals surface area contributed by atoms with Crippen molar-refractivity contribution in [1.29, 1.82) is 5.41 Å². The van der Waals surface area contributed by atoms with E-state index in [0.717, 1.165) is 38.8 Å². The van der Waals surface area contributed by atoms with Crippen molar-refractivity contribution in [2.75, 3.05) is 7.05 Å². The van der Waals surface area contributed by atoms with Crippen molar-refractivity contribution in [3.05, 3.63) is 95.3 Å². The van der Waals surface area contributed by atoms with Crippen LogP contribution >= 0.6 is 0 Å². The van der Waals surface area contributed by atoms with E-state index in [0.29, 0.717) is 5.71 Å². The van der Waals surface area contributed by atoms with E-state index >= 15 is 0 Å². The van der Waals surface area contributed by atoms with Crippen LogP contribution in [0.2, 0.25) is 0 Å². The zero-order valence-corrected chi connectivity index (χ0v) is 19.3. The van der Waals surface area contributed by atoms with Crippen molar-refractivity contribution in [3.8, 4) is 0 Å². The van der Waals surface area contributed by atoms with Gasteiger partial charge in [-0.15, -0.1) is 12.7 Å². The number of fused-ring (bicyclic) bond motifs is 3. The van der Waals surface area contributed by atoms with Crippen LogP contribution < -0.4 is 0 Å². The first-order chi connectivity index (χ1) is 13.3. The minimum absolute atomic E-state index is 0. The maximum Gasteiger partial charge on any atom is 0.135 e. The second kappa shape index (κ2) is 10.4. The fourth-order valence-electron chi connectivity index (χ4n) is 3.00. The second-order valence-corrected chi connectivity index (χ2v) is 5.84. The average molecular weight is 444 g/mol. The summed E-state index contributed by atoms with van der Waals surface area (Å²) < 4.78 is 5.88. The van der Waals surface area contributed by atoms with Crippen LogP contribution in [0, 0.1) is 5.41 Å². The zero-order chi connectivity index (χ0) is 19.2. The van der Waals surface area contributed by atoms with Crippen molar-refractivity contribution in [2.45, 2.75) is 13.8 Å². The third kappa shape index (κ3) is 4.60. The molecule has 4 rings (SSSR count). The molecule has 0 spiro atoms. The van der Waals surface area contributed by atoms with Crippen LogP contribution in [0.4, 0.5) is 0 Å². The molecule has 0 aliphatic carbocycles. The topological polar surface area (TPSA) is 51.1 Å². The number of para-hydroxylation sites is 1. The molecule has 1 heterocycles. The third-order valence-corrected chi connectivity index (χ3v) is 4.28. The molecule has 0 fully saturated rings. The minimum Gasteiger partial charge on any atom is -0.686 e. The van der Waals surface area contributed by atoms with E-state index in [4.69, 9.17) is 9.83 Å². The van der Waals surface area contributed by atoms with E-state index in [1.165, 1.54) is 0 Å². The predicted molar refractivity (Wildman–Crippen MR) is 116 cm³/mol. The van der Waals surface area contributed by atoms with Crippen LogP contribution in [0.5, 0.6) is 0 Å². The van der Waals surface area contributed by atoms with Gasteiger partial charge in [0.15, 0.2) is 0 Å². The summed E-state index contributed by atoms with van der Waals surface area (Å²) in [6.07, 6.45) is 1.80. The fourth-order valence-corrected chi connectivity index (χ4v) is 3.00. The average Bonchev–Trinajstić information content (AvgIpc) is 3.12. The molecule has 0 bridgehead atoms. The molecule has 0 saturated heterocycles. The smallest absolute Gasteiger partial charge is 0.135 e. The van der Waals surface area contributed by atoms with Crippen LogP contribution in [0.25, 0.3) is 33.0 Å². The van der Waals surface area contributed by atoms with Crippen molar-refractivity contribution < 1.29 is 37.1 Å². The van der Waals surface area contributed by atoms with Gasteiger partial charge >= 0.3 is 0 Å². The molecule has 28 heavy (non-hydrogen) atoms. The van der Waals surface area contributed by atoms with Gasteiger partial charge in [0.1, 0.15) is 11.2 Å². The summed E-state index contributed by atoms with van der Waals surface area (Å²) in [6.45, 7) is 4.00. The Morgan fingerprint density at radius 1 is 0.821 bits per heavy atom. The molecule has 0 unspecified atom stereocenters. The summed E-state index contributed by atoms with van der Waals surface area (Å²) in [4.78, 5) is 0. The predicted octanol–water partition coefficient (Wildman–Crippen LogP) is 7.02. The van der Waals surface area contributed by atoms with E-state index in [1.54, 1.807) is 13.1 Å². The molecule has 0 aliphatic rings. The van der Waals surface area contributed by atoms with E-state index in [-0.39, 0.29) is 32.7 Å². The zero-order valence-electron chi connectivity index (χ0n) is 16.4. The molecule has 139 valence electrons. The van der Waals surface area contributed by atoms with Gasteiger partial charge in [0.25, 0.3) is 0 Å². The molecule has 0 atom stereocenters. The van der Waals surface area contributed by atoms with Gasteiger partial charge in [-0.25, -0.2) is 0 Å². The number of allylic oxidation sites excluding steroid dienone is 1. The van der Waals surface area contributed by atoms with Crippen LogP contribution in [-0.4, -0.2) is 12.8 Å². The van der Waals surface area contributed by atoms with Gasteiger partial charge in [-0.2, -0.15) is 0 Å². The largest absolute Gasteiger partial charge is 0.686 e. The Kier molecular flexibility index (Phi) is 8.16. The van der Waals surface area contributed by atoms with E-state index in [1.807, 2.05) is 74.5 Å². The second-order valence-electron chi connectivity index (χ2n) is 5.84. The summed E-state index contributed by atoms with van der Waals surface area (Å²) in [7, 11) is 1.75. The summed E-state index contributed by atoms with van der Waals surface area (Å²) in [5.74, 6) is 0. The van der Waals surface area contributed by atoms with Gasteiger partial charge in [0.05, 0.1) is 5.71 Å². The maximum atomic E-state index is 8.32. The maximum absolute atomic E-state index is 8.32. The van der Waals surface area contributed by atoms with Crippen LogP contribution in [0.1, 0.15) is 25.0 Å². The Hall–Kier alpha value is -2.23. The molecular formula is C24H23N2OY-. The number of nitrogens with zero attached hydrogens (tertiary/aromatic N) is 1. The minimum atomic E-state index is 0. The number of hydrogen-bond acceptors (Lipinski definition) is 2. The van der Waals surface area contributed by atoms with Gasteiger partial charge < -0.3 is 15.1 Å². The number of nitrogens with one attached hydrogen (secondary N) is 1. The molecular weight excluding hydrogens is 421 g/mol. The first kappa shape index (κ1) is 22.1. The Morgan fingerprint density at radius 3 is 2.18 bits per heavy atom. The van der Waals surface area contributed by atoms with Crippen molar-refractivity contribution in [1.82, 2.24) is 0 Å². The SMILES string of the molecule is CC.C[N-]/C(=C\C(=N)c1ccccc1)c1ccc2oc3ccccc3c2c1.[Y]. The van der Waals surface area contributed by atoms with E-state index in [9.17, 15) is 0 Å². The molecule has 3 nitrogen and oxygen atoms in total. The number of benzene rings is 3. The Labute approximate surface area is 191 Å². The molecule has 4 heteroatoms. The van der Waals surface area contributed by atoms with Crippen molar-refractivity contribution in [2.24, 2.45) is 0 Å². The number of rotatable bonds is 4. The number of furan rings is 1. The first-order valence-electron chi connectivity index (χ1n) is 9.13. The normalized spacial score (nSPS) is 10.8. The van der Waals surface area contributed by atoms with Crippen molar-refractivity contribution in [3.63, 3.8) is 0 Å². The monoisotopic (exact) mass is 444 g/mol. The van der Waals surface area contributed by atoms with E-state index < -0.39 is 0 Å². The fraction of sp³-hybridized carbons (Fsp3) is 0.125. The van der Waals surface area contributed by atoms with Gasteiger partial charge in [-0.3, -0.25) is 0 Å². The van der Waals surface area contributed by atoms with Gasteiger partial charge in [0, 0.05) is 43.5 Å². The van der Waals surface area contributed by atoms with Gasteiger partial charge in [-0.05, 0) is 29.3 Å². The summed E-state index contributed by atoms with van der Waals surface area (Å²) in [6, 6.07) is 23.7. The van der Waals surface area contributed by atoms with Crippen LogP contribution in [-0.2, 0) is 32.7 Å². The molecule has 0 aliphatic heterocycles. The molecule has 0 saturated carbocycles. The quantitative estimate of drug-likeness (QED) is 0.338. The number of hydrogen-bond donors (Lipinski definition) is 1. The first-order valence-corrected chi connectivity index (χ1v) is 9.13. The standard InChI is InChI=1S/C22H17N2O.C2H6.Y/c1-24-20(14-19(23)15-7-3-2-4-8-15)16-11-12-22-18(13-16)17-9-5-6-10-21(17)25-22;1-2;/h2-14,23H,1H3;1-2H3;/q-1;;/b20-14-,23-19?;;.